The van der Waals surface area contributed by atoms with Gasteiger partial charge in [-0.1, -0.05) is 29.3 Å². The summed E-state index contributed by atoms with van der Waals surface area (Å²) in [6, 6.07) is 9.94. The lowest BCUT2D eigenvalue weighted by Crippen LogP contribution is -1.81. The molecule has 0 bridgehead atoms. The van der Waals surface area contributed by atoms with Gasteiger partial charge in [-0.25, -0.2) is 9.37 Å². The summed E-state index contributed by atoms with van der Waals surface area (Å²) in [6.45, 7) is 0. The maximum atomic E-state index is 13.5. The van der Waals surface area contributed by atoms with Crippen molar-refractivity contribution < 1.29 is 4.39 Å². The molecule has 1 aromatic heterocycles. The Morgan fingerprint density at radius 1 is 1.06 bits per heavy atom. The van der Waals surface area contributed by atoms with Gasteiger partial charge >= 0.3 is 0 Å². The Labute approximate surface area is 112 Å². The highest BCUT2D eigenvalue weighted by Gasteiger charge is 2.09. The third-order valence-electron chi connectivity index (χ3n) is 2.66. The van der Waals surface area contributed by atoms with Crippen molar-refractivity contribution in [3.8, 4) is 11.4 Å². The van der Waals surface area contributed by atoms with Crippen molar-refractivity contribution in [1.29, 1.82) is 0 Å². The van der Waals surface area contributed by atoms with E-state index >= 15 is 0 Å². The van der Waals surface area contributed by atoms with Crippen molar-refractivity contribution in [2.75, 3.05) is 0 Å². The van der Waals surface area contributed by atoms with Gasteiger partial charge in [0.15, 0.2) is 5.82 Å². The van der Waals surface area contributed by atoms with Gasteiger partial charge in [0.25, 0.3) is 0 Å². The average Bonchev–Trinajstić information content (AvgIpc) is 2.78. The molecule has 3 rings (SSSR count). The zero-order chi connectivity index (χ0) is 12.7. The van der Waals surface area contributed by atoms with Crippen molar-refractivity contribution in [3.05, 3.63) is 52.3 Å². The molecule has 0 radical (unpaired) electrons. The van der Waals surface area contributed by atoms with E-state index in [-0.39, 0.29) is 5.82 Å². The smallest absolute Gasteiger partial charge is 0.151 e. The largest absolute Gasteiger partial charge is 0.338 e. The number of nitrogens with zero attached hydrogens (tertiary/aromatic N) is 1. The SMILES string of the molecule is Fc1cccc2[nH]c(-c3ccc(Cl)c(Cl)c3)nc12. The molecule has 0 unspecified atom stereocenters. The van der Waals surface area contributed by atoms with Gasteiger partial charge in [0.1, 0.15) is 11.3 Å². The summed E-state index contributed by atoms with van der Waals surface area (Å²) in [5, 5.41) is 0.915. The van der Waals surface area contributed by atoms with E-state index < -0.39 is 0 Å². The Morgan fingerprint density at radius 2 is 1.89 bits per heavy atom. The van der Waals surface area contributed by atoms with Crippen LogP contribution in [0.15, 0.2) is 36.4 Å². The minimum absolute atomic E-state index is 0.318. The van der Waals surface area contributed by atoms with Crippen molar-refractivity contribution in [3.63, 3.8) is 0 Å². The minimum atomic E-state index is -0.352. The number of hydrogen-bond acceptors (Lipinski definition) is 1. The first kappa shape index (κ1) is 11.5. The molecule has 0 saturated carbocycles. The molecule has 1 N–H and O–H groups in total. The van der Waals surface area contributed by atoms with E-state index in [9.17, 15) is 4.39 Å². The maximum Gasteiger partial charge on any atom is 0.151 e. The molecule has 0 atom stereocenters. The predicted octanol–water partition coefficient (Wildman–Crippen LogP) is 4.68. The second kappa shape index (κ2) is 4.26. The second-order valence-corrected chi connectivity index (χ2v) is 4.66. The fraction of sp³-hybridized carbons (Fsp3) is 0. The molecular formula is C13H7Cl2FN2. The third-order valence-corrected chi connectivity index (χ3v) is 3.40. The zero-order valence-electron chi connectivity index (χ0n) is 9.05. The lowest BCUT2D eigenvalue weighted by molar-refractivity contribution is 0.637. The summed E-state index contributed by atoms with van der Waals surface area (Å²) in [7, 11) is 0. The molecular weight excluding hydrogens is 274 g/mol. The molecule has 3 aromatic rings. The monoisotopic (exact) mass is 280 g/mol. The van der Waals surface area contributed by atoms with Crippen LogP contribution in [-0.2, 0) is 0 Å². The van der Waals surface area contributed by atoms with Crippen LogP contribution in [0.3, 0.4) is 0 Å². The molecule has 1 heterocycles. The molecule has 0 spiro atoms. The lowest BCUT2D eigenvalue weighted by atomic mass is 10.2. The fourth-order valence-electron chi connectivity index (χ4n) is 1.78. The maximum absolute atomic E-state index is 13.5. The predicted molar refractivity (Wildman–Crippen MR) is 71.5 cm³/mol. The molecule has 0 aliphatic carbocycles. The molecule has 2 nitrogen and oxygen atoms in total. The van der Waals surface area contributed by atoms with Gasteiger partial charge in [0.2, 0.25) is 0 Å². The Hall–Kier alpha value is -1.58. The number of rotatable bonds is 1. The van der Waals surface area contributed by atoms with Crippen molar-refractivity contribution in [1.82, 2.24) is 9.97 Å². The van der Waals surface area contributed by atoms with Crippen LogP contribution >= 0.6 is 23.2 Å². The Kier molecular flexibility index (Phi) is 2.73. The highest BCUT2D eigenvalue weighted by atomic mass is 35.5. The molecule has 0 amide bonds. The van der Waals surface area contributed by atoms with E-state index in [1.165, 1.54) is 6.07 Å². The van der Waals surface area contributed by atoms with Gasteiger partial charge in [0.05, 0.1) is 15.6 Å². The number of aromatic nitrogens is 2. The van der Waals surface area contributed by atoms with Gasteiger partial charge in [-0.3, -0.25) is 0 Å². The molecule has 0 aliphatic heterocycles. The number of fused-ring (bicyclic) bond motifs is 1. The second-order valence-electron chi connectivity index (χ2n) is 3.85. The first-order valence-electron chi connectivity index (χ1n) is 5.25. The van der Waals surface area contributed by atoms with Crippen LogP contribution in [0, 0.1) is 5.82 Å². The van der Waals surface area contributed by atoms with Crippen molar-refractivity contribution >= 4 is 34.2 Å². The number of aromatic amines is 1. The number of nitrogens with one attached hydrogen (secondary N) is 1. The van der Waals surface area contributed by atoms with Crippen molar-refractivity contribution in [2.24, 2.45) is 0 Å². The van der Waals surface area contributed by atoms with Gasteiger partial charge in [-0.15, -0.1) is 0 Å². The number of para-hydroxylation sites is 1. The van der Waals surface area contributed by atoms with E-state index in [4.69, 9.17) is 23.2 Å². The normalized spacial score (nSPS) is 11.1. The number of H-pyrrole nitrogens is 1. The van der Waals surface area contributed by atoms with Crippen LogP contribution in [-0.4, -0.2) is 9.97 Å². The number of hydrogen-bond donors (Lipinski definition) is 1. The van der Waals surface area contributed by atoms with E-state index in [2.05, 4.69) is 9.97 Å². The van der Waals surface area contributed by atoms with Crippen LogP contribution in [0.4, 0.5) is 4.39 Å². The Morgan fingerprint density at radius 3 is 2.61 bits per heavy atom. The Balaban J connectivity index is 2.19. The molecule has 2 aromatic carbocycles. The van der Waals surface area contributed by atoms with Crippen LogP contribution in [0.5, 0.6) is 0 Å². The molecule has 0 saturated heterocycles. The van der Waals surface area contributed by atoms with E-state index in [1.54, 1.807) is 30.3 Å². The van der Waals surface area contributed by atoms with Gasteiger partial charge in [-0.2, -0.15) is 0 Å². The molecule has 18 heavy (non-hydrogen) atoms. The number of benzene rings is 2. The summed E-state index contributed by atoms with van der Waals surface area (Å²) in [5.41, 5.74) is 1.73. The first-order chi connectivity index (χ1) is 8.65. The minimum Gasteiger partial charge on any atom is -0.338 e. The third kappa shape index (κ3) is 1.85. The Bertz CT molecular complexity index is 737. The van der Waals surface area contributed by atoms with Crippen LogP contribution in [0.1, 0.15) is 0 Å². The standard InChI is InChI=1S/C13H7Cl2FN2/c14-8-5-4-7(6-9(8)15)13-17-11-3-1-2-10(16)12(11)18-13/h1-6H,(H,17,18). The quantitative estimate of drug-likeness (QED) is 0.689. The average molecular weight is 281 g/mol. The summed E-state index contributed by atoms with van der Waals surface area (Å²) >= 11 is 11.8. The number of imidazole rings is 1. The summed E-state index contributed by atoms with van der Waals surface area (Å²) in [4.78, 5) is 7.27. The summed E-state index contributed by atoms with van der Waals surface area (Å²) < 4.78 is 13.5. The molecule has 0 fully saturated rings. The van der Waals surface area contributed by atoms with E-state index in [1.807, 2.05) is 0 Å². The van der Waals surface area contributed by atoms with Gasteiger partial charge in [-0.05, 0) is 30.3 Å². The molecule has 0 aliphatic rings. The highest BCUT2D eigenvalue weighted by molar-refractivity contribution is 6.42. The lowest BCUT2D eigenvalue weighted by Gasteiger charge is -1.99. The van der Waals surface area contributed by atoms with Gasteiger partial charge < -0.3 is 4.98 Å². The molecule has 90 valence electrons. The van der Waals surface area contributed by atoms with Crippen LogP contribution in [0.2, 0.25) is 10.0 Å². The van der Waals surface area contributed by atoms with Gasteiger partial charge in [0, 0.05) is 5.56 Å². The topological polar surface area (TPSA) is 28.7 Å². The van der Waals surface area contributed by atoms with Crippen LogP contribution < -0.4 is 0 Å². The molecule has 5 heteroatoms. The first-order valence-corrected chi connectivity index (χ1v) is 6.00. The van der Waals surface area contributed by atoms with Crippen LogP contribution in [0.25, 0.3) is 22.4 Å². The number of halogens is 3. The summed E-state index contributed by atoms with van der Waals surface area (Å²) in [6.07, 6.45) is 0. The summed E-state index contributed by atoms with van der Waals surface area (Å²) in [5.74, 6) is 0.212. The van der Waals surface area contributed by atoms with Crippen molar-refractivity contribution in [2.45, 2.75) is 0 Å². The zero-order valence-corrected chi connectivity index (χ0v) is 10.6. The van der Waals surface area contributed by atoms with E-state index in [0.717, 1.165) is 5.56 Å². The van der Waals surface area contributed by atoms with E-state index in [0.29, 0.717) is 26.9 Å². The fourth-order valence-corrected chi connectivity index (χ4v) is 2.08. The highest BCUT2D eigenvalue weighted by Crippen LogP contribution is 2.28.